The summed E-state index contributed by atoms with van der Waals surface area (Å²) >= 11 is 4.84. The van der Waals surface area contributed by atoms with Crippen molar-refractivity contribution in [3.63, 3.8) is 0 Å². The van der Waals surface area contributed by atoms with Crippen LogP contribution in [0, 0.1) is 0 Å². The molecule has 0 spiro atoms. The van der Waals surface area contributed by atoms with Gasteiger partial charge < -0.3 is 15.6 Å². The molecular formula is C13H12N2O2S. The summed E-state index contributed by atoms with van der Waals surface area (Å²) in [5, 5.41) is 9.18. The summed E-state index contributed by atoms with van der Waals surface area (Å²) < 4.78 is 5.58. The van der Waals surface area contributed by atoms with Gasteiger partial charge in [-0.15, -0.1) is 0 Å². The number of para-hydroxylation sites is 1. The third-order valence-electron chi connectivity index (χ3n) is 2.38. The Hall–Kier alpha value is -1.98. The Labute approximate surface area is 110 Å². The van der Waals surface area contributed by atoms with E-state index in [0.29, 0.717) is 27.7 Å². The van der Waals surface area contributed by atoms with Crippen molar-refractivity contribution in [1.29, 1.82) is 0 Å². The van der Waals surface area contributed by atoms with Crippen LogP contribution in [0.2, 0.25) is 0 Å². The van der Waals surface area contributed by atoms with E-state index in [1.807, 2.05) is 12.1 Å². The number of ether oxygens (including phenoxy) is 1. The molecule has 0 unspecified atom stereocenters. The van der Waals surface area contributed by atoms with Gasteiger partial charge in [0.1, 0.15) is 10.7 Å². The average molecular weight is 260 g/mol. The number of thiocarbonyl (C=S) groups is 1. The second-order valence-corrected chi connectivity index (χ2v) is 4.06. The number of rotatable bonds is 4. The molecule has 0 aliphatic carbocycles. The third kappa shape index (κ3) is 2.82. The van der Waals surface area contributed by atoms with E-state index in [-0.39, 0.29) is 6.61 Å². The normalized spacial score (nSPS) is 10.1. The Morgan fingerprint density at radius 3 is 2.67 bits per heavy atom. The lowest BCUT2D eigenvalue weighted by atomic mass is 10.2. The summed E-state index contributed by atoms with van der Waals surface area (Å²) in [6, 6.07) is 10.7. The molecule has 3 N–H and O–H groups in total. The van der Waals surface area contributed by atoms with E-state index in [1.54, 1.807) is 30.5 Å². The second-order valence-electron chi connectivity index (χ2n) is 3.62. The Kier molecular flexibility index (Phi) is 3.86. The third-order valence-corrected chi connectivity index (χ3v) is 2.61. The van der Waals surface area contributed by atoms with Crippen molar-refractivity contribution >= 4 is 17.2 Å². The minimum atomic E-state index is -0.0822. The Morgan fingerprint density at radius 2 is 2.06 bits per heavy atom. The average Bonchev–Trinajstić information content (AvgIpc) is 2.40. The molecule has 4 nitrogen and oxygen atoms in total. The molecule has 2 rings (SSSR count). The number of hydrogen-bond acceptors (Lipinski definition) is 4. The van der Waals surface area contributed by atoms with Gasteiger partial charge >= 0.3 is 0 Å². The van der Waals surface area contributed by atoms with Crippen LogP contribution in [0.4, 0.5) is 0 Å². The van der Waals surface area contributed by atoms with Gasteiger partial charge in [-0.05, 0) is 12.1 Å². The molecule has 18 heavy (non-hydrogen) atoms. The van der Waals surface area contributed by atoms with Crippen molar-refractivity contribution < 1.29 is 9.84 Å². The number of pyridine rings is 1. The predicted molar refractivity (Wildman–Crippen MR) is 72.6 cm³/mol. The van der Waals surface area contributed by atoms with E-state index in [9.17, 15) is 5.11 Å². The van der Waals surface area contributed by atoms with Gasteiger partial charge in [-0.25, -0.2) is 4.98 Å². The molecule has 5 heteroatoms. The fourth-order valence-electron chi connectivity index (χ4n) is 1.43. The molecule has 1 aromatic carbocycles. The van der Waals surface area contributed by atoms with Crippen molar-refractivity contribution in [2.24, 2.45) is 5.73 Å². The summed E-state index contributed by atoms with van der Waals surface area (Å²) in [5.74, 6) is 1.01. The molecular weight excluding hydrogens is 248 g/mol. The summed E-state index contributed by atoms with van der Waals surface area (Å²) in [4.78, 5) is 4.40. The highest BCUT2D eigenvalue weighted by molar-refractivity contribution is 7.80. The van der Waals surface area contributed by atoms with Gasteiger partial charge in [0, 0.05) is 23.4 Å². The Bertz CT molecular complexity index is 555. The lowest BCUT2D eigenvalue weighted by Gasteiger charge is -2.08. The predicted octanol–water partition coefficient (Wildman–Crippen LogP) is 2.00. The second kappa shape index (κ2) is 5.57. The molecule has 0 aliphatic rings. The number of benzene rings is 1. The zero-order valence-corrected chi connectivity index (χ0v) is 10.4. The first-order chi connectivity index (χ1) is 8.70. The molecule has 1 aromatic heterocycles. The molecule has 0 saturated heterocycles. The molecule has 2 aromatic rings. The summed E-state index contributed by atoms with van der Waals surface area (Å²) in [6.07, 6.45) is 1.55. The zero-order valence-electron chi connectivity index (χ0n) is 9.54. The van der Waals surface area contributed by atoms with E-state index in [4.69, 9.17) is 22.7 Å². The van der Waals surface area contributed by atoms with Crippen LogP contribution in [0.5, 0.6) is 11.6 Å². The van der Waals surface area contributed by atoms with E-state index in [2.05, 4.69) is 4.98 Å². The van der Waals surface area contributed by atoms with E-state index < -0.39 is 0 Å². The lowest BCUT2D eigenvalue weighted by Crippen LogP contribution is -2.09. The van der Waals surface area contributed by atoms with Gasteiger partial charge in [0.2, 0.25) is 5.88 Å². The van der Waals surface area contributed by atoms with E-state index >= 15 is 0 Å². The molecule has 0 aliphatic heterocycles. The number of nitrogens with zero attached hydrogens (tertiary/aromatic N) is 1. The number of nitrogens with two attached hydrogens (primary N) is 1. The molecule has 0 radical (unpaired) electrons. The van der Waals surface area contributed by atoms with E-state index in [1.165, 1.54) is 0 Å². The van der Waals surface area contributed by atoms with Crippen LogP contribution in [-0.2, 0) is 6.61 Å². The molecule has 0 bridgehead atoms. The summed E-state index contributed by atoms with van der Waals surface area (Å²) in [5.41, 5.74) is 6.87. The van der Waals surface area contributed by atoms with Crippen LogP contribution < -0.4 is 10.5 Å². The largest absolute Gasteiger partial charge is 0.439 e. The first kappa shape index (κ1) is 12.5. The first-order valence-corrected chi connectivity index (χ1v) is 5.74. The molecule has 0 fully saturated rings. The van der Waals surface area contributed by atoms with Gasteiger partial charge in [0.25, 0.3) is 0 Å². The van der Waals surface area contributed by atoms with Crippen LogP contribution in [0.3, 0.4) is 0 Å². The Balaban J connectivity index is 2.21. The first-order valence-electron chi connectivity index (χ1n) is 5.33. The summed E-state index contributed by atoms with van der Waals surface area (Å²) in [6.45, 7) is -0.0822. The minimum absolute atomic E-state index is 0.0822. The molecule has 92 valence electrons. The van der Waals surface area contributed by atoms with Gasteiger partial charge in [0.05, 0.1) is 6.61 Å². The maximum Gasteiger partial charge on any atom is 0.219 e. The fraction of sp³-hybridized carbons (Fsp3) is 0.0769. The molecule has 0 atom stereocenters. The topological polar surface area (TPSA) is 68.4 Å². The number of aliphatic hydroxyl groups is 1. The van der Waals surface area contributed by atoms with Crippen LogP contribution in [0.15, 0.2) is 42.6 Å². The van der Waals surface area contributed by atoms with E-state index in [0.717, 1.165) is 0 Å². The standard InChI is InChI=1S/C13H12N2O2S/c14-13(18)9-5-6-12(15-7-9)17-11-4-2-1-3-10(11)8-16/h1-7,16H,8H2,(H2,14,18). The highest BCUT2D eigenvalue weighted by Gasteiger charge is 2.04. The number of aliphatic hydroxyl groups excluding tert-OH is 1. The van der Waals surface area contributed by atoms with Crippen molar-refractivity contribution in [3.8, 4) is 11.6 Å². The minimum Gasteiger partial charge on any atom is -0.439 e. The van der Waals surface area contributed by atoms with Crippen molar-refractivity contribution in [3.05, 3.63) is 53.7 Å². The monoisotopic (exact) mass is 260 g/mol. The number of aromatic nitrogens is 1. The van der Waals surface area contributed by atoms with Gasteiger partial charge in [0.15, 0.2) is 0 Å². The van der Waals surface area contributed by atoms with Crippen LogP contribution in [0.1, 0.15) is 11.1 Å². The molecule has 1 heterocycles. The maximum atomic E-state index is 9.18. The van der Waals surface area contributed by atoms with Gasteiger partial charge in [-0.2, -0.15) is 0 Å². The lowest BCUT2D eigenvalue weighted by molar-refractivity contribution is 0.276. The van der Waals surface area contributed by atoms with Crippen LogP contribution >= 0.6 is 12.2 Å². The fourth-order valence-corrected chi connectivity index (χ4v) is 1.55. The van der Waals surface area contributed by atoms with Crippen molar-refractivity contribution in [1.82, 2.24) is 4.98 Å². The van der Waals surface area contributed by atoms with Gasteiger partial charge in [-0.3, -0.25) is 0 Å². The SMILES string of the molecule is NC(=S)c1ccc(Oc2ccccc2CO)nc1. The number of hydrogen-bond donors (Lipinski definition) is 2. The maximum absolute atomic E-state index is 9.18. The van der Waals surface area contributed by atoms with Crippen molar-refractivity contribution in [2.75, 3.05) is 0 Å². The van der Waals surface area contributed by atoms with Crippen molar-refractivity contribution in [2.45, 2.75) is 6.61 Å². The molecule has 0 amide bonds. The highest BCUT2D eigenvalue weighted by Crippen LogP contribution is 2.23. The molecule has 0 saturated carbocycles. The Morgan fingerprint density at radius 1 is 1.28 bits per heavy atom. The smallest absolute Gasteiger partial charge is 0.219 e. The quantitative estimate of drug-likeness (QED) is 0.823. The van der Waals surface area contributed by atoms with Crippen LogP contribution in [-0.4, -0.2) is 15.1 Å². The zero-order chi connectivity index (χ0) is 13.0. The highest BCUT2D eigenvalue weighted by atomic mass is 32.1. The summed E-state index contributed by atoms with van der Waals surface area (Å²) in [7, 11) is 0. The van der Waals surface area contributed by atoms with Gasteiger partial charge in [-0.1, -0.05) is 30.4 Å². The van der Waals surface area contributed by atoms with Crippen LogP contribution in [0.25, 0.3) is 0 Å².